The molecule has 0 aliphatic rings. The van der Waals surface area contributed by atoms with Crippen LogP contribution >= 0.6 is 0 Å². The highest BCUT2D eigenvalue weighted by Gasteiger charge is 2.04. The van der Waals surface area contributed by atoms with Crippen molar-refractivity contribution in [3.05, 3.63) is 60.7 Å². The van der Waals surface area contributed by atoms with E-state index in [1.807, 2.05) is 12.1 Å². The summed E-state index contributed by atoms with van der Waals surface area (Å²) in [6, 6.07) is 9.04. The second-order valence-electron chi connectivity index (χ2n) is 5.88. The molecule has 0 aliphatic carbocycles. The SMILES string of the molecule is COc1ccc(C=CC(=O)NCCNc2cc(-n3cccn3)ncn2)cc1OC. The lowest BCUT2D eigenvalue weighted by Crippen LogP contribution is -2.27. The van der Waals surface area contributed by atoms with Crippen LogP contribution in [-0.2, 0) is 4.79 Å². The van der Waals surface area contributed by atoms with Gasteiger partial charge in [-0.2, -0.15) is 5.10 Å². The molecule has 1 aromatic carbocycles. The number of ether oxygens (including phenoxy) is 2. The Labute approximate surface area is 168 Å². The highest BCUT2D eigenvalue weighted by atomic mass is 16.5. The molecule has 150 valence electrons. The Morgan fingerprint density at radius 3 is 2.76 bits per heavy atom. The van der Waals surface area contributed by atoms with E-state index in [1.54, 1.807) is 55.6 Å². The quantitative estimate of drug-likeness (QED) is 0.422. The van der Waals surface area contributed by atoms with Crippen molar-refractivity contribution >= 4 is 17.8 Å². The van der Waals surface area contributed by atoms with Gasteiger partial charge in [-0.15, -0.1) is 0 Å². The van der Waals surface area contributed by atoms with Crippen molar-refractivity contribution in [1.29, 1.82) is 0 Å². The Hall–Kier alpha value is -3.88. The minimum Gasteiger partial charge on any atom is -0.493 e. The van der Waals surface area contributed by atoms with Crippen LogP contribution in [0.15, 0.2) is 55.1 Å². The van der Waals surface area contributed by atoms with Crippen molar-refractivity contribution in [3.63, 3.8) is 0 Å². The normalized spacial score (nSPS) is 10.7. The zero-order valence-corrected chi connectivity index (χ0v) is 16.2. The molecule has 2 heterocycles. The average molecular weight is 394 g/mol. The van der Waals surface area contributed by atoms with E-state index in [-0.39, 0.29) is 5.91 Å². The lowest BCUT2D eigenvalue weighted by atomic mass is 10.2. The summed E-state index contributed by atoms with van der Waals surface area (Å²) in [6.07, 6.45) is 8.13. The van der Waals surface area contributed by atoms with E-state index < -0.39 is 0 Å². The lowest BCUT2D eigenvalue weighted by Gasteiger charge is -2.08. The summed E-state index contributed by atoms with van der Waals surface area (Å²) < 4.78 is 12.1. The molecule has 0 fully saturated rings. The number of carbonyl (C=O) groups excluding carboxylic acids is 1. The van der Waals surface area contributed by atoms with Gasteiger partial charge in [0.25, 0.3) is 0 Å². The van der Waals surface area contributed by atoms with Crippen molar-refractivity contribution in [2.45, 2.75) is 0 Å². The first-order chi connectivity index (χ1) is 14.2. The summed E-state index contributed by atoms with van der Waals surface area (Å²) >= 11 is 0. The number of nitrogens with one attached hydrogen (secondary N) is 2. The third-order valence-electron chi connectivity index (χ3n) is 3.96. The molecule has 1 amide bonds. The summed E-state index contributed by atoms with van der Waals surface area (Å²) in [7, 11) is 3.15. The molecule has 9 nitrogen and oxygen atoms in total. The second kappa shape index (κ2) is 9.88. The number of hydrogen-bond donors (Lipinski definition) is 2. The van der Waals surface area contributed by atoms with Crippen LogP contribution in [0.4, 0.5) is 5.82 Å². The number of carbonyl (C=O) groups is 1. The van der Waals surface area contributed by atoms with E-state index >= 15 is 0 Å². The summed E-state index contributed by atoms with van der Waals surface area (Å²) in [6.45, 7) is 0.960. The van der Waals surface area contributed by atoms with Crippen LogP contribution in [-0.4, -0.2) is 53.0 Å². The van der Waals surface area contributed by atoms with E-state index in [1.165, 1.54) is 12.4 Å². The summed E-state index contributed by atoms with van der Waals surface area (Å²) in [4.78, 5) is 20.3. The Balaban J connectivity index is 1.46. The number of anilines is 1. The van der Waals surface area contributed by atoms with Gasteiger partial charge in [0.15, 0.2) is 17.3 Å². The molecule has 2 N–H and O–H groups in total. The topological polar surface area (TPSA) is 103 Å². The predicted octanol–water partition coefficient (Wildman–Crippen LogP) is 1.92. The van der Waals surface area contributed by atoms with Gasteiger partial charge in [-0.1, -0.05) is 6.07 Å². The minimum atomic E-state index is -0.193. The molecular weight excluding hydrogens is 372 g/mol. The van der Waals surface area contributed by atoms with E-state index in [0.717, 1.165) is 5.56 Å². The largest absolute Gasteiger partial charge is 0.493 e. The summed E-state index contributed by atoms with van der Waals surface area (Å²) in [5.41, 5.74) is 0.836. The highest BCUT2D eigenvalue weighted by Crippen LogP contribution is 2.27. The summed E-state index contributed by atoms with van der Waals surface area (Å²) in [5.74, 6) is 2.37. The maximum atomic E-state index is 12.0. The first kappa shape index (κ1) is 19.9. The van der Waals surface area contributed by atoms with Crippen molar-refractivity contribution in [1.82, 2.24) is 25.1 Å². The summed E-state index contributed by atoms with van der Waals surface area (Å²) in [5, 5.41) is 10.1. The Morgan fingerprint density at radius 1 is 1.14 bits per heavy atom. The number of methoxy groups -OCH3 is 2. The highest BCUT2D eigenvalue weighted by molar-refractivity contribution is 5.91. The van der Waals surface area contributed by atoms with E-state index in [4.69, 9.17) is 9.47 Å². The van der Waals surface area contributed by atoms with Crippen LogP contribution in [0, 0.1) is 0 Å². The maximum Gasteiger partial charge on any atom is 0.244 e. The van der Waals surface area contributed by atoms with Crippen molar-refractivity contribution in [2.75, 3.05) is 32.6 Å². The number of hydrogen-bond acceptors (Lipinski definition) is 7. The van der Waals surface area contributed by atoms with Crippen LogP contribution in [0.1, 0.15) is 5.56 Å². The molecule has 0 bridgehead atoms. The van der Waals surface area contributed by atoms with Crippen LogP contribution in [0.3, 0.4) is 0 Å². The molecular formula is C20H22N6O3. The monoisotopic (exact) mass is 394 g/mol. The number of rotatable bonds is 9. The van der Waals surface area contributed by atoms with Crippen molar-refractivity contribution in [2.24, 2.45) is 0 Å². The van der Waals surface area contributed by atoms with Gasteiger partial charge < -0.3 is 20.1 Å². The second-order valence-corrected chi connectivity index (χ2v) is 5.88. The van der Waals surface area contributed by atoms with Crippen LogP contribution < -0.4 is 20.1 Å². The molecule has 0 unspecified atom stereocenters. The average Bonchev–Trinajstić information content (AvgIpc) is 3.30. The smallest absolute Gasteiger partial charge is 0.244 e. The number of aromatic nitrogens is 4. The van der Waals surface area contributed by atoms with E-state index in [9.17, 15) is 4.79 Å². The van der Waals surface area contributed by atoms with E-state index in [2.05, 4.69) is 25.7 Å². The van der Waals surface area contributed by atoms with Crippen molar-refractivity contribution in [3.8, 4) is 17.3 Å². The van der Waals surface area contributed by atoms with Gasteiger partial charge in [0.1, 0.15) is 12.1 Å². The third-order valence-corrected chi connectivity index (χ3v) is 3.96. The molecule has 0 saturated carbocycles. The molecule has 0 aliphatic heterocycles. The Morgan fingerprint density at radius 2 is 2.00 bits per heavy atom. The fourth-order valence-electron chi connectivity index (χ4n) is 2.54. The molecule has 0 spiro atoms. The fourth-order valence-corrected chi connectivity index (χ4v) is 2.54. The Bertz CT molecular complexity index is 972. The molecule has 0 atom stereocenters. The van der Waals surface area contributed by atoms with Gasteiger partial charge in [-0.3, -0.25) is 4.79 Å². The number of nitrogens with zero attached hydrogens (tertiary/aromatic N) is 4. The van der Waals surface area contributed by atoms with Crippen molar-refractivity contribution < 1.29 is 14.3 Å². The third kappa shape index (κ3) is 5.55. The van der Waals surface area contributed by atoms with Gasteiger partial charge >= 0.3 is 0 Å². The van der Waals surface area contributed by atoms with E-state index in [0.29, 0.717) is 36.2 Å². The fraction of sp³-hybridized carbons (Fsp3) is 0.200. The minimum absolute atomic E-state index is 0.193. The lowest BCUT2D eigenvalue weighted by molar-refractivity contribution is -0.116. The molecule has 3 rings (SSSR count). The van der Waals surface area contributed by atoms with Crippen LogP contribution in [0.2, 0.25) is 0 Å². The van der Waals surface area contributed by atoms with Gasteiger partial charge in [0.2, 0.25) is 5.91 Å². The number of amides is 1. The van der Waals surface area contributed by atoms with Crippen LogP contribution in [0.5, 0.6) is 11.5 Å². The predicted molar refractivity (Wildman–Crippen MR) is 109 cm³/mol. The zero-order chi connectivity index (χ0) is 20.5. The molecule has 0 saturated heterocycles. The van der Waals surface area contributed by atoms with Gasteiger partial charge in [-0.25, -0.2) is 14.6 Å². The maximum absolute atomic E-state index is 12.0. The molecule has 2 aromatic heterocycles. The molecule has 29 heavy (non-hydrogen) atoms. The molecule has 3 aromatic rings. The van der Waals surface area contributed by atoms with Gasteiger partial charge in [0.05, 0.1) is 14.2 Å². The first-order valence-electron chi connectivity index (χ1n) is 8.93. The molecule has 9 heteroatoms. The molecule has 0 radical (unpaired) electrons. The van der Waals surface area contributed by atoms with Gasteiger partial charge in [-0.05, 0) is 29.8 Å². The standard InChI is InChI=1S/C20H22N6O3/c1-28-16-6-4-15(12-17(16)29-2)5-7-20(27)22-10-9-21-18-13-19(24-14-23-18)26-11-3-8-25-26/h3-8,11-14H,9-10H2,1-2H3,(H,22,27)(H,21,23,24). The Kier molecular flexibility index (Phi) is 6.77. The van der Waals surface area contributed by atoms with Crippen LogP contribution in [0.25, 0.3) is 11.9 Å². The first-order valence-corrected chi connectivity index (χ1v) is 8.93. The van der Waals surface area contributed by atoms with Gasteiger partial charge in [0, 0.05) is 37.6 Å². The number of benzene rings is 1. The zero-order valence-electron chi connectivity index (χ0n) is 16.2.